The Labute approximate surface area is 143 Å². The molecule has 2 aromatic heterocycles. The zero-order valence-electron chi connectivity index (χ0n) is 12.9. The van der Waals surface area contributed by atoms with Gasteiger partial charge in [-0.05, 0) is 23.8 Å². The Morgan fingerprint density at radius 3 is 2.71 bits per heavy atom. The van der Waals surface area contributed by atoms with E-state index in [0.29, 0.717) is 24.6 Å². The quantitative estimate of drug-likeness (QED) is 0.725. The van der Waals surface area contributed by atoms with Crippen molar-refractivity contribution in [3.63, 3.8) is 0 Å². The largest absolute Gasteiger partial charge is 0.351 e. The summed E-state index contributed by atoms with van der Waals surface area (Å²) in [4.78, 5) is 29.4. The van der Waals surface area contributed by atoms with Gasteiger partial charge in [-0.3, -0.25) is 14.2 Å². The van der Waals surface area contributed by atoms with Crippen LogP contribution in [0.25, 0.3) is 11.0 Å². The van der Waals surface area contributed by atoms with Crippen molar-refractivity contribution in [3.8, 4) is 0 Å². The topological polar surface area (TPSA) is 64.0 Å². The minimum Gasteiger partial charge on any atom is -0.351 e. The first kappa shape index (κ1) is 16.2. The van der Waals surface area contributed by atoms with Crippen molar-refractivity contribution in [1.29, 1.82) is 0 Å². The normalized spacial score (nSPS) is 10.7. The monoisotopic (exact) mass is 341 g/mol. The number of carbonyl (C=O) groups excluding carboxylic acids is 1. The van der Waals surface area contributed by atoms with E-state index in [-0.39, 0.29) is 11.1 Å². The molecule has 0 aliphatic carbocycles. The van der Waals surface area contributed by atoms with Gasteiger partial charge in [0.15, 0.2) is 0 Å². The summed E-state index contributed by atoms with van der Waals surface area (Å²) in [5.41, 5.74) is 1.25. The Kier molecular flexibility index (Phi) is 4.91. The Bertz CT molecular complexity index is 922. The summed E-state index contributed by atoms with van der Waals surface area (Å²) in [7, 11) is 0. The fourth-order valence-corrected chi connectivity index (χ4v) is 2.63. The molecule has 6 heteroatoms. The molecule has 0 radical (unpaired) electrons. The molecule has 1 N–H and O–H groups in total. The highest BCUT2D eigenvalue weighted by molar-refractivity contribution is 6.18. The molecular formula is C18H16ClN3O2. The summed E-state index contributed by atoms with van der Waals surface area (Å²) in [5.74, 6) is -0.132. The number of nitrogens with one attached hydrogen (secondary N) is 1. The number of aromatic nitrogens is 2. The van der Waals surface area contributed by atoms with Crippen molar-refractivity contribution < 1.29 is 4.79 Å². The Morgan fingerprint density at radius 2 is 1.96 bits per heavy atom. The van der Waals surface area contributed by atoms with Crippen LogP contribution in [0, 0.1) is 0 Å². The van der Waals surface area contributed by atoms with Gasteiger partial charge in [0.2, 0.25) is 0 Å². The summed E-state index contributed by atoms with van der Waals surface area (Å²) in [6, 6.07) is 14.8. The minimum absolute atomic E-state index is 0.0940. The van der Waals surface area contributed by atoms with Crippen LogP contribution in [0.3, 0.4) is 0 Å². The molecule has 0 spiro atoms. The van der Waals surface area contributed by atoms with Crippen LogP contribution >= 0.6 is 11.6 Å². The number of benzene rings is 1. The molecule has 3 rings (SSSR count). The van der Waals surface area contributed by atoms with Gasteiger partial charge in [-0.25, -0.2) is 4.98 Å². The van der Waals surface area contributed by atoms with Crippen LogP contribution in [0.1, 0.15) is 15.9 Å². The Morgan fingerprint density at radius 1 is 1.17 bits per heavy atom. The second-order valence-electron chi connectivity index (χ2n) is 5.30. The van der Waals surface area contributed by atoms with Gasteiger partial charge in [-0.2, -0.15) is 0 Å². The third-order valence-corrected chi connectivity index (χ3v) is 3.85. The SMILES string of the molecule is O=C(NCCCl)c1cc2cccnc2n(Cc2ccccc2)c1=O. The van der Waals surface area contributed by atoms with Crippen LogP contribution in [0.5, 0.6) is 0 Å². The summed E-state index contributed by atoms with van der Waals surface area (Å²) in [5, 5.41) is 3.38. The predicted molar refractivity (Wildman–Crippen MR) is 94.6 cm³/mol. The van der Waals surface area contributed by atoms with Crippen molar-refractivity contribution in [2.45, 2.75) is 6.54 Å². The maximum atomic E-state index is 12.8. The van der Waals surface area contributed by atoms with Crippen molar-refractivity contribution in [3.05, 3.63) is 76.2 Å². The molecule has 122 valence electrons. The summed E-state index contributed by atoms with van der Waals surface area (Å²) in [6.07, 6.45) is 1.64. The number of amides is 1. The minimum atomic E-state index is -0.423. The summed E-state index contributed by atoms with van der Waals surface area (Å²) in [6.45, 7) is 0.660. The average molecular weight is 342 g/mol. The molecule has 1 amide bonds. The maximum Gasteiger partial charge on any atom is 0.265 e. The second-order valence-corrected chi connectivity index (χ2v) is 5.67. The molecule has 0 fully saturated rings. The molecule has 2 heterocycles. The van der Waals surface area contributed by atoms with E-state index in [1.54, 1.807) is 18.3 Å². The van der Waals surface area contributed by atoms with Gasteiger partial charge < -0.3 is 5.32 Å². The average Bonchev–Trinajstić information content (AvgIpc) is 2.62. The van der Waals surface area contributed by atoms with Crippen LogP contribution in [0.15, 0.2) is 59.5 Å². The van der Waals surface area contributed by atoms with Gasteiger partial charge in [0.25, 0.3) is 11.5 Å². The lowest BCUT2D eigenvalue weighted by atomic mass is 10.1. The van der Waals surface area contributed by atoms with Crippen molar-refractivity contribution in [1.82, 2.24) is 14.9 Å². The summed E-state index contributed by atoms with van der Waals surface area (Å²) >= 11 is 5.60. The number of hydrogen-bond donors (Lipinski definition) is 1. The molecule has 0 saturated carbocycles. The van der Waals surface area contributed by atoms with Crippen LogP contribution in [-0.2, 0) is 6.54 Å². The maximum absolute atomic E-state index is 12.8. The van der Waals surface area contributed by atoms with Gasteiger partial charge in [0.1, 0.15) is 11.2 Å². The van der Waals surface area contributed by atoms with Crippen molar-refractivity contribution >= 4 is 28.5 Å². The number of hydrogen-bond acceptors (Lipinski definition) is 3. The Hall–Kier alpha value is -2.66. The van der Waals surface area contributed by atoms with E-state index >= 15 is 0 Å². The number of halogens is 1. The highest BCUT2D eigenvalue weighted by Gasteiger charge is 2.16. The van der Waals surface area contributed by atoms with E-state index < -0.39 is 5.91 Å². The van der Waals surface area contributed by atoms with E-state index in [2.05, 4.69) is 10.3 Å². The third kappa shape index (κ3) is 3.31. The van der Waals surface area contributed by atoms with Crippen LogP contribution in [0.4, 0.5) is 0 Å². The smallest absolute Gasteiger partial charge is 0.265 e. The van der Waals surface area contributed by atoms with Crippen molar-refractivity contribution in [2.24, 2.45) is 0 Å². The van der Waals surface area contributed by atoms with Crippen LogP contribution in [0.2, 0.25) is 0 Å². The lowest BCUT2D eigenvalue weighted by Crippen LogP contribution is -2.34. The van der Waals surface area contributed by atoms with Crippen LogP contribution < -0.4 is 10.9 Å². The number of carbonyl (C=O) groups is 1. The van der Waals surface area contributed by atoms with Gasteiger partial charge in [0.05, 0.1) is 6.54 Å². The van der Waals surface area contributed by atoms with Gasteiger partial charge in [-0.15, -0.1) is 11.6 Å². The number of fused-ring (bicyclic) bond motifs is 1. The standard InChI is InChI=1S/C18H16ClN3O2/c19-8-10-21-17(23)15-11-14-7-4-9-20-16(14)22(18(15)24)12-13-5-2-1-3-6-13/h1-7,9,11H,8,10,12H2,(H,21,23). The van der Waals surface area contributed by atoms with Gasteiger partial charge in [0, 0.05) is 24.0 Å². The molecule has 24 heavy (non-hydrogen) atoms. The fraction of sp³-hybridized carbons (Fsp3) is 0.167. The number of alkyl halides is 1. The van der Waals surface area contributed by atoms with Gasteiger partial charge >= 0.3 is 0 Å². The molecule has 3 aromatic rings. The first-order valence-electron chi connectivity index (χ1n) is 7.57. The number of rotatable bonds is 5. The molecule has 0 saturated heterocycles. The highest BCUT2D eigenvalue weighted by atomic mass is 35.5. The van der Waals surface area contributed by atoms with E-state index in [0.717, 1.165) is 10.9 Å². The number of nitrogens with zero attached hydrogens (tertiary/aromatic N) is 2. The lowest BCUT2D eigenvalue weighted by molar-refractivity contribution is 0.0954. The van der Waals surface area contributed by atoms with E-state index in [4.69, 9.17) is 11.6 Å². The van der Waals surface area contributed by atoms with E-state index in [9.17, 15) is 9.59 Å². The molecule has 0 bridgehead atoms. The lowest BCUT2D eigenvalue weighted by Gasteiger charge is -2.12. The third-order valence-electron chi connectivity index (χ3n) is 3.66. The van der Waals surface area contributed by atoms with Gasteiger partial charge in [-0.1, -0.05) is 30.3 Å². The fourth-order valence-electron chi connectivity index (χ4n) is 2.54. The zero-order valence-corrected chi connectivity index (χ0v) is 13.7. The number of pyridine rings is 2. The molecule has 0 aliphatic heterocycles. The van der Waals surface area contributed by atoms with E-state index in [1.807, 2.05) is 36.4 Å². The van der Waals surface area contributed by atoms with Crippen molar-refractivity contribution in [2.75, 3.05) is 12.4 Å². The molecule has 1 aromatic carbocycles. The van der Waals surface area contributed by atoms with E-state index in [1.165, 1.54) is 4.57 Å². The predicted octanol–water partition coefficient (Wildman–Crippen LogP) is 2.41. The second kappa shape index (κ2) is 7.27. The molecular weight excluding hydrogens is 326 g/mol. The first-order chi connectivity index (χ1) is 11.7. The van der Waals surface area contributed by atoms with Crippen LogP contribution in [-0.4, -0.2) is 27.9 Å². The molecule has 0 atom stereocenters. The summed E-state index contributed by atoms with van der Waals surface area (Å²) < 4.78 is 1.53. The molecule has 5 nitrogen and oxygen atoms in total. The molecule has 0 unspecified atom stereocenters. The molecule has 0 aliphatic rings. The highest BCUT2D eigenvalue weighted by Crippen LogP contribution is 2.13. The Balaban J connectivity index is 2.13. The zero-order chi connectivity index (χ0) is 16.9. The first-order valence-corrected chi connectivity index (χ1v) is 8.11.